The Balaban J connectivity index is 1.93. The molecule has 0 radical (unpaired) electrons. The molecule has 0 saturated carbocycles. The molecule has 0 atom stereocenters. The summed E-state index contributed by atoms with van der Waals surface area (Å²) in [4.78, 5) is 3.26. The van der Waals surface area contributed by atoms with E-state index in [4.69, 9.17) is 0 Å². The predicted molar refractivity (Wildman–Crippen MR) is 103 cm³/mol. The third-order valence-corrected chi connectivity index (χ3v) is 4.67. The quantitative estimate of drug-likeness (QED) is 0.421. The number of aromatic nitrogens is 1. The molecule has 24 heavy (non-hydrogen) atoms. The van der Waals surface area contributed by atoms with E-state index in [1.807, 2.05) is 48.7 Å². The van der Waals surface area contributed by atoms with Gasteiger partial charge in [0, 0.05) is 32.7 Å². The second kappa shape index (κ2) is 5.99. The summed E-state index contributed by atoms with van der Waals surface area (Å²) in [6.45, 7) is 0. The number of hydrogen-bond acceptors (Lipinski definition) is 1. The Kier molecular flexibility index (Phi) is 3.68. The molecule has 1 aromatic heterocycles. The first-order chi connectivity index (χ1) is 11.8. The summed E-state index contributed by atoms with van der Waals surface area (Å²) < 4.78 is 1.02. The average Bonchev–Trinajstić information content (AvgIpc) is 3.01. The van der Waals surface area contributed by atoms with Gasteiger partial charge in [-0.2, -0.15) is 5.26 Å². The van der Waals surface area contributed by atoms with Gasteiger partial charge in [0.2, 0.25) is 0 Å². The van der Waals surface area contributed by atoms with Crippen LogP contribution in [0.25, 0.3) is 33.3 Å². The Labute approximate surface area is 148 Å². The second-order valence-corrected chi connectivity index (χ2v) is 6.55. The molecule has 1 heterocycles. The van der Waals surface area contributed by atoms with E-state index in [1.165, 1.54) is 0 Å². The van der Waals surface area contributed by atoms with E-state index >= 15 is 0 Å². The number of allylic oxidation sites excluding steroid dienone is 1. The molecular formula is C21H13BrN2. The van der Waals surface area contributed by atoms with Crippen LogP contribution in [-0.4, -0.2) is 4.98 Å². The molecule has 0 saturated heterocycles. The van der Waals surface area contributed by atoms with E-state index in [-0.39, 0.29) is 0 Å². The summed E-state index contributed by atoms with van der Waals surface area (Å²) >= 11 is 3.51. The minimum Gasteiger partial charge on any atom is -0.361 e. The zero-order chi connectivity index (χ0) is 16.5. The fraction of sp³-hybridized carbons (Fsp3) is 0. The number of aromatic amines is 1. The molecule has 0 fully saturated rings. The number of nitriles is 1. The topological polar surface area (TPSA) is 39.6 Å². The monoisotopic (exact) mass is 372 g/mol. The number of benzene rings is 3. The van der Waals surface area contributed by atoms with Crippen LogP contribution in [0.15, 0.2) is 71.3 Å². The lowest BCUT2D eigenvalue weighted by molar-refractivity contribution is 1.47. The van der Waals surface area contributed by atoms with E-state index in [1.54, 1.807) is 0 Å². The largest absolute Gasteiger partial charge is 0.361 e. The summed E-state index contributed by atoms with van der Waals surface area (Å²) in [5, 5.41) is 13.0. The van der Waals surface area contributed by atoms with Crippen molar-refractivity contribution in [3.63, 3.8) is 0 Å². The number of hydrogen-bond donors (Lipinski definition) is 1. The van der Waals surface area contributed by atoms with Crippen LogP contribution in [0.1, 0.15) is 11.1 Å². The number of nitrogens with one attached hydrogen (secondary N) is 1. The van der Waals surface area contributed by atoms with Gasteiger partial charge in [0.25, 0.3) is 0 Å². The van der Waals surface area contributed by atoms with E-state index in [2.05, 4.69) is 51.2 Å². The van der Waals surface area contributed by atoms with Crippen LogP contribution in [0.3, 0.4) is 0 Å². The molecule has 0 bridgehead atoms. The van der Waals surface area contributed by atoms with Gasteiger partial charge in [0.05, 0.1) is 11.6 Å². The van der Waals surface area contributed by atoms with Crippen molar-refractivity contribution in [2.24, 2.45) is 0 Å². The number of halogens is 1. The molecule has 3 aromatic carbocycles. The summed E-state index contributed by atoms with van der Waals surface area (Å²) in [5.74, 6) is 0. The zero-order valence-corrected chi connectivity index (χ0v) is 14.3. The SMILES string of the molecule is N#C/C(=C\c1c[nH]c2ccc(Br)cc12)c1cccc2ccccc12. The summed E-state index contributed by atoms with van der Waals surface area (Å²) in [6, 6.07) is 22.7. The maximum atomic E-state index is 9.73. The van der Waals surface area contributed by atoms with Crippen molar-refractivity contribution in [1.82, 2.24) is 4.98 Å². The van der Waals surface area contributed by atoms with Gasteiger partial charge >= 0.3 is 0 Å². The molecule has 0 aliphatic rings. The van der Waals surface area contributed by atoms with Crippen LogP contribution in [0.4, 0.5) is 0 Å². The van der Waals surface area contributed by atoms with Crippen LogP contribution >= 0.6 is 15.9 Å². The smallest absolute Gasteiger partial charge is 0.0998 e. The predicted octanol–water partition coefficient (Wildman–Crippen LogP) is 6.15. The fourth-order valence-corrected chi connectivity index (χ4v) is 3.38. The molecule has 1 N–H and O–H groups in total. The maximum absolute atomic E-state index is 9.73. The van der Waals surface area contributed by atoms with Gasteiger partial charge in [-0.15, -0.1) is 0 Å². The number of nitrogens with zero attached hydrogens (tertiary/aromatic N) is 1. The molecule has 0 aliphatic heterocycles. The molecular weight excluding hydrogens is 360 g/mol. The average molecular weight is 373 g/mol. The minimum atomic E-state index is 0.660. The lowest BCUT2D eigenvalue weighted by atomic mass is 9.97. The van der Waals surface area contributed by atoms with Crippen LogP contribution in [-0.2, 0) is 0 Å². The molecule has 2 nitrogen and oxygen atoms in total. The Bertz CT molecular complexity index is 1120. The van der Waals surface area contributed by atoms with Crippen LogP contribution in [0.5, 0.6) is 0 Å². The van der Waals surface area contributed by atoms with Crippen molar-refractivity contribution < 1.29 is 0 Å². The highest BCUT2D eigenvalue weighted by atomic mass is 79.9. The molecule has 4 rings (SSSR count). The van der Waals surface area contributed by atoms with Crippen molar-refractivity contribution in [2.75, 3.05) is 0 Å². The highest BCUT2D eigenvalue weighted by molar-refractivity contribution is 9.10. The fourth-order valence-electron chi connectivity index (χ4n) is 3.02. The van der Waals surface area contributed by atoms with Gasteiger partial charge in [-0.25, -0.2) is 0 Å². The van der Waals surface area contributed by atoms with E-state index in [0.717, 1.165) is 37.3 Å². The Hall–Kier alpha value is -2.83. The number of fused-ring (bicyclic) bond motifs is 2. The molecule has 3 heteroatoms. The van der Waals surface area contributed by atoms with Gasteiger partial charge in [-0.05, 0) is 35.0 Å². The summed E-state index contributed by atoms with van der Waals surface area (Å²) in [6.07, 6.45) is 3.90. The van der Waals surface area contributed by atoms with Crippen molar-refractivity contribution >= 4 is 49.3 Å². The number of H-pyrrole nitrogens is 1. The third kappa shape index (κ3) is 2.51. The van der Waals surface area contributed by atoms with Crippen LogP contribution < -0.4 is 0 Å². The first kappa shape index (κ1) is 14.7. The van der Waals surface area contributed by atoms with Crippen molar-refractivity contribution in [3.05, 3.63) is 82.5 Å². The highest BCUT2D eigenvalue weighted by Crippen LogP contribution is 2.29. The molecule has 4 aromatic rings. The molecule has 0 spiro atoms. The summed E-state index contributed by atoms with van der Waals surface area (Å²) in [5.41, 5.74) is 3.68. The van der Waals surface area contributed by atoms with Gasteiger partial charge in [-0.3, -0.25) is 0 Å². The molecule has 0 amide bonds. The molecule has 0 unspecified atom stereocenters. The normalized spacial score (nSPS) is 11.8. The minimum absolute atomic E-state index is 0.660. The summed E-state index contributed by atoms with van der Waals surface area (Å²) in [7, 11) is 0. The van der Waals surface area contributed by atoms with Gasteiger partial charge < -0.3 is 4.98 Å². The van der Waals surface area contributed by atoms with Crippen molar-refractivity contribution in [1.29, 1.82) is 5.26 Å². The highest BCUT2D eigenvalue weighted by Gasteiger charge is 2.08. The zero-order valence-electron chi connectivity index (χ0n) is 12.8. The molecule has 114 valence electrons. The Morgan fingerprint density at radius 1 is 1.00 bits per heavy atom. The van der Waals surface area contributed by atoms with Gasteiger partial charge in [0.1, 0.15) is 0 Å². The first-order valence-corrected chi connectivity index (χ1v) is 8.42. The van der Waals surface area contributed by atoms with Crippen molar-refractivity contribution in [3.8, 4) is 6.07 Å². The first-order valence-electron chi connectivity index (χ1n) is 7.63. The van der Waals surface area contributed by atoms with Crippen LogP contribution in [0.2, 0.25) is 0 Å². The van der Waals surface area contributed by atoms with Gasteiger partial charge in [0.15, 0.2) is 0 Å². The second-order valence-electron chi connectivity index (χ2n) is 5.63. The lowest BCUT2D eigenvalue weighted by Crippen LogP contribution is -1.85. The maximum Gasteiger partial charge on any atom is 0.0998 e. The van der Waals surface area contributed by atoms with Crippen LogP contribution in [0, 0.1) is 11.3 Å². The molecule has 0 aliphatic carbocycles. The third-order valence-electron chi connectivity index (χ3n) is 4.18. The van der Waals surface area contributed by atoms with Crippen molar-refractivity contribution in [2.45, 2.75) is 0 Å². The van der Waals surface area contributed by atoms with E-state index in [9.17, 15) is 5.26 Å². The lowest BCUT2D eigenvalue weighted by Gasteiger charge is -2.05. The van der Waals surface area contributed by atoms with E-state index in [0.29, 0.717) is 5.57 Å². The van der Waals surface area contributed by atoms with Gasteiger partial charge in [-0.1, -0.05) is 58.4 Å². The Morgan fingerprint density at radius 2 is 1.83 bits per heavy atom. The van der Waals surface area contributed by atoms with E-state index < -0.39 is 0 Å². The Morgan fingerprint density at radius 3 is 2.71 bits per heavy atom. The number of rotatable bonds is 2. The standard InChI is InChI=1S/C21H13BrN2/c22-17-8-9-21-20(11-17)16(13-24-21)10-15(12-23)19-7-3-5-14-4-1-2-6-18(14)19/h1-11,13,24H/b15-10+.